The molecule has 388 valence electrons. The summed E-state index contributed by atoms with van der Waals surface area (Å²) in [6.07, 6.45) is 0. The lowest BCUT2D eigenvalue weighted by Gasteiger charge is -2.11. The van der Waals surface area contributed by atoms with E-state index < -0.39 is 247 Å². The van der Waals surface area contributed by atoms with Gasteiger partial charge in [-0.25, -0.2) is 129 Å². The molecule has 0 spiro atoms. The molecule has 0 saturated heterocycles. The molecule has 2 aliphatic heterocycles. The van der Waals surface area contributed by atoms with Gasteiger partial charge in [0.2, 0.25) is 29.1 Å². The number of carbonyl (C=O) groups excluding carboxylic acids is 1. The fraction of sp³-hybridized carbons (Fsp3) is 0. The summed E-state index contributed by atoms with van der Waals surface area (Å²) in [6.45, 7) is 0. The molecule has 3 aromatic heterocycles. The number of benzene rings is 4. The van der Waals surface area contributed by atoms with E-state index in [0.29, 0.717) is 0 Å². The number of hydrogen-bond donors (Lipinski definition) is 2. The zero-order valence-electron chi connectivity index (χ0n) is 34.0. The zero-order chi connectivity index (χ0) is 55.4. The van der Waals surface area contributed by atoms with E-state index in [9.17, 15) is 57.5 Å². The van der Waals surface area contributed by atoms with Crippen molar-refractivity contribution >= 4 is 39.7 Å². The van der Waals surface area contributed by atoms with Crippen molar-refractivity contribution < 1.29 is 124 Å². The lowest BCUT2D eigenvalue weighted by Crippen LogP contribution is -2.09. The van der Waals surface area contributed by atoms with Crippen molar-refractivity contribution in [3.05, 3.63) is 157 Å². The standard InChI is InChI=1S/C43H2F26N4O2/c44-9-1(10(45)18(53)25(60)17(9)52)5-35-29(64)30(65)36(70-35)6(2-11(46)19(54)26(61)20(55)12(2)47)38-33(68)34(69)40(72-38)8(4-15(50)23(58)28(63)24(59)16(4)51)42-73-41(43(74)75-42)7(39-32(67)31(66)37(5)71-39)3-13(48)21(56)27(62)22(57)14(3)49/h71-72H. The van der Waals surface area contributed by atoms with Gasteiger partial charge in [-0.3, -0.25) is 0 Å². The molecule has 4 aromatic carbocycles. The minimum Gasteiger partial charge on any atom is -0.402 e. The molecule has 9 rings (SSSR count). The Bertz CT molecular complexity index is 3970. The number of ether oxygens (including phenoxy) is 1. The number of carbonyl (C=O) groups is 1. The van der Waals surface area contributed by atoms with Crippen molar-refractivity contribution in [2.45, 2.75) is 0 Å². The van der Waals surface area contributed by atoms with E-state index >= 15 is 61.5 Å². The molecule has 0 amide bonds. The maximum atomic E-state index is 16.6. The molecule has 7 aromatic rings. The molecule has 2 aliphatic rings. The molecule has 0 atom stereocenters. The number of fused-ring (bicyclic) bond motifs is 8. The molecular formula is C43H2F26N4O2. The third kappa shape index (κ3) is 6.88. The largest absolute Gasteiger partial charge is 0.402 e. The normalized spacial score (nSPS) is 12.7. The van der Waals surface area contributed by atoms with Crippen molar-refractivity contribution in [2.24, 2.45) is 0 Å². The van der Waals surface area contributed by atoms with Gasteiger partial charge in [0, 0.05) is 16.7 Å². The van der Waals surface area contributed by atoms with Gasteiger partial charge in [-0.2, -0.15) is 0 Å². The average Bonchev–Trinajstić information content (AvgIpc) is 4.08. The maximum absolute atomic E-state index is 16.6. The highest BCUT2D eigenvalue weighted by Crippen LogP contribution is 2.50. The van der Waals surface area contributed by atoms with Crippen molar-refractivity contribution in [3.8, 4) is 50.4 Å². The maximum Gasteiger partial charge on any atom is 0.364 e. The molecule has 75 heavy (non-hydrogen) atoms. The minimum atomic E-state index is -3.27. The molecule has 8 bridgehead atoms. The van der Waals surface area contributed by atoms with Crippen LogP contribution in [0.1, 0.15) is 21.9 Å². The predicted octanol–water partition coefficient (Wildman–Crippen LogP) is 14.3. The number of rotatable bonds is 4. The fourth-order valence-corrected chi connectivity index (χ4v) is 7.64. The van der Waals surface area contributed by atoms with Gasteiger partial charge in [0.25, 0.3) is 0 Å². The summed E-state index contributed by atoms with van der Waals surface area (Å²) in [4.78, 5) is 21.9. The van der Waals surface area contributed by atoms with E-state index in [4.69, 9.17) is 0 Å². The predicted molar refractivity (Wildman–Crippen MR) is 196 cm³/mol. The third-order valence-electron chi connectivity index (χ3n) is 11.0. The van der Waals surface area contributed by atoms with Gasteiger partial charge in [-0.1, -0.05) is 0 Å². The van der Waals surface area contributed by atoms with Crippen LogP contribution in [0, 0.1) is 140 Å². The second kappa shape index (κ2) is 17.2. The topological polar surface area (TPSA) is 83.7 Å². The van der Waals surface area contributed by atoms with Gasteiger partial charge < -0.3 is 14.7 Å². The van der Waals surface area contributed by atoms with Crippen molar-refractivity contribution in [1.82, 2.24) is 19.9 Å². The number of aromatic amines is 2. The Morgan fingerprint density at radius 3 is 0.720 bits per heavy atom. The van der Waals surface area contributed by atoms with Crippen LogP contribution >= 0.6 is 0 Å². The summed E-state index contributed by atoms with van der Waals surface area (Å²) in [5, 5.41) is 0. The van der Waals surface area contributed by atoms with Gasteiger partial charge in [0.05, 0.1) is 49.9 Å². The fourth-order valence-electron chi connectivity index (χ4n) is 7.64. The third-order valence-corrected chi connectivity index (χ3v) is 11.0. The number of nitrogens with zero attached hydrogens (tertiary/aromatic N) is 2. The number of H-pyrrole nitrogens is 2. The SMILES string of the molecule is O=C1Oc2nc1c(-c1c(F)c(F)c(F)c(F)c1F)c1[nH]c(c(F)c1F)c(-c1c(F)c(F)c(F)c(F)c1F)c1nc(c(-c3c(F)c(F)c(F)c(F)c3F)c3[nH]c(c(F)c3F)c2-c2c(F)c(F)c(F)c(F)c2F)C(F)=C1F. The smallest absolute Gasteiger partial charge is 0.364 e. The van der Waals surface area contributed by atoms with Crippen LogP contribution in [-0.4, -0.2) is 25.9 Å². The molecular weight excluding hydrogens is 1100 g/mol. The van der Waals surface area contributed by atoms with Crippen LogP contribution in [0.4, 0.5) is 114 Å². The quantitative estimate of drug-likeness (QED) is 0.0796. The molecule has 0 saturated carbocycles. The van der Waals surface area contributed by atoms with E-state index in [1.807, 2.05) is 0 Å². The molecule has 32 heteroatoms. The van der Waals surface area contributed by atoms with E-state index in [1.54, 1.807) is 0 Å². The van der Waals surface area contributed by atoms with Gasteiger partial charge in [-0.05, 0) is 0 Å². The number of esters is 1. The summed E-state index contributed by atoms with van der Waals surface area (Å²) in [5.74, 6) is -88.3. The highest BCUT2D eigenvalue weighted by atomic mass is 19.2. The highest BCUT2D eigenvalue weighted by molar-refractivity contribution is 6.06. The first-order chi connectivity index (χ1) is 35.0. The summed E-state index contributed by atoms with van der Waals surface area (Å²) in [5.41, 5.74) is -39.8. The van der Waals surface area contributed by atoms with Crippen LogP contribution in [-0.2, 0) is 0 Å². The van der Waals surface area contributed by atoms with Crippen LogP contribution in [0.3, 0.4) is 0 Å². The number of nitrogens with one attached hydrogen (secondary N) is 2. The summed E-state index contributed by atoms with van der Waals surface area (Å²) in [6, 6.07) is 0. The Morgan fingerprint density at radius 1 is 0.240 bits per heavy atom. The summed E-state index contributed by atoms with van der Waals surface area (Å²) in [7, 11) is 0. The van der Waals surface area contributed by atoms with E-state index in [-0.39, 0.29) is 0 Å². The average molecular weight is 1100 g/mol. The highest BCUT2D eigenvalue weighted by Gasteiger charge is 2.42. The first-order valence-electron chi connectivity index (χ1n) is 18.9. The van der Waals surface area contributed by atoms with E-state index in [0.717, 1.165) is 9.97 Å². The van der Waals surface area contributed by atoms with Crippen LogP contribution in [0.15, 0.2) is 0 Å². The first-order valence-corrected chi connectivity index (χ1v) is 18.9. The number of hydrogen-bond acceptors (Lipinski definition) is 4. The molecule has 0 fully saturated rings. The van der Waals surface area contributed by atoms with E-state index in [1.165, 1.54) is 0 Å². The Labute approximate surface area is 390 Å². The van der Waals surface area contributed by atoms with Gasteiger partial charge in [0.1, 0.15) is 11.4 Å². The van der Waals surface area contributed by atoms with Crippen molar-refractivity contribution in [2.75, 3.05) is 0 Å². The van der Waals surface area contributed by atoms with Gasteiger partial charge >= 0.3 is 5.97 Å². The molecule has 0 aliphatic carbocycles. The van der Waals surface area contributed by atoms with Crippen molar-refractivity contribution in [3.63, 3.8) is 0 Å². The molecule has 6 nitrogen and oxygen atoms in total. The number of aromatic nitrogens is 4. The Morgan fingerprint density at radius 2 is 0.453 bits per heavy atom. The molecule has 0 radical (unpaired) electrons. The molecule has 5 heterocycles. The Hall–Kier alpha value is -8.61. The second-order valence-corrected chi connectivity index (χ2v) is 14.9. The zero-order valence-corrected chi connectivity index (χ0v) is 34.0. The van der Waals surface area contributed by atoms with Crippen LogP contribution in [0.25, 0.3) is 78.2 Å². The van der Waals surface area contributed by atoms with E-state index in [2.05, 4.69) is 14.7 Å². The number of halogens is 26. The molecule has 2 N–H and O–H groups in total. The van der Waals surface area contributed by atoms with Crippen LogP contribution < -0.4 is 4.74 Å². The van der Waals surface area contributed by atoms with Gasteiger partial charge in [0.15, 0.2) is 134 Å². The summed E-state index contributed by atoms with van der Waals surface area (Å²) >= 11 is 0. The van der Waals surface area contributed by atoms with Crippen LogP contribution in [0.5, 0.6) is 5.88 Å². The lowest BCUT2D eigenvalue weighted by atomic mass is 10.00. The monoisotopic (exact) mass is 1100 g/mol. The lowest BCUT2D eigenvalue weighted by molar-refractivity contribution is 0.0755. The summed E-state index contributed by atoms with van der Waals surface area (Å²) < 4.78 is 407. The second-order valence-electron chi connectivity index (χ2n) is 14.9. The minimum absolute atomic E-state index is 1.12. The van der Waals surface area contributed by atoms with Crippen LogP contribution in [0.2, 0.25) is 0 Å². The Balaban J connectivity index is 1.73. The van der Waals surface area contributed by atoms with Crippen molar-refractivity contribution in [1.29, 1.82) is 0 Å². The first kappa shape index (κ1) is 51.3. The Kier molecular flexibility index (Phi) is 11.8. The molecule has 0 unspecified atom stereocenters. The van der Waals surface area contributed by atoms with Gasteiger partial charge in [-0.15, -0.1) is 0 Å².